The molecular weight excluding hydrogens is 226 g/mol. The molecule has 3 nitrogen and oxygen atoms in total. The SMILES string of the molecule is CC(C)CC(=O)N(C)[C@H](C)[C@@H](O)c1ccccc1. The number of rotatable bonds is 5. The monoisotopic (exact) mass is 249 g/mol. The van der Waals surface area contributed by atoms with Gasteiger partial charge in [0.05, 0.1) is 12.1 Å². The molecule has 0 bridgehead atoms. The molecule has 18 heavy (non-hydrogen) atoms. The Hall–Kier alpha value is -1.35. The third-order valence-electron chi connectivity index (χ3n) is 3.19. The van der Waals surface area contributed by atoms with Gasteiger partial charge in [-0.3, -0.25) is 4.79 Å². The Bertz CT molecular complexity index is 375. The summed E-state index contributed by atoms with van der Waals surface area (Å²) in [4.78, 5) is 13.6. The molecule has 0 saturated heterocycles. The summed E-state index contributed by atoms with van der Waals surface area (Å²) in [5.41, 5.74) is 0.842. The second-order valence-electron chi connectivity index (χ2n) is 5.20. The minimum absolute atomic E-state index is 0.0764. The topological polar surface area (TPSA) is 40.5 Å². The van der Waals surface area contributed by atoms with Crippen LogP contribution in [0, 0.1) is 5.92 Å². The van der Waals surface area contributed by atoms with E-state index in [1.165, 1.54) is 0 Å². The molecule has 1 amide bonds. The number of hydrogen-bond acceptors (Lipinski definition) is 2. The summed E-state index contributed by atoms with van der Waals surface area (Å²) in [7, 11) is 1.75. The van der Waals surface area contributed by atoms with E-state index in [0.717, 1.165) is 5.56 Å². The van der Waals surface area contributed by atoms with Crippen LogP contribution in [0.25, 0.3) is 0 Å². The van der Waals surface area contributed by atoms with Crippen LogP contribution in [0.5, 0.6) is 0 Å². The molecule has 0 aliphatic heterocycles. The van der Waals surface area contributed by atoms with Crippen LogP contribution in [-0.4, -0.2) is 29.0 Å². The molecule has 1 aromatic rings. The molecule has 0 unspecified atom stereocenters. The van der Waals surface area contributed by atoms with E-state index in [2.05, 4.69) is 0 Å². The van der Waals surface area contributed by atoms with Crippen LogP contribution in [0.2, 0.25) is 0 Å². The van der Waals surface area contributed by atoms with E-state index in [9.17, 15) is 9.90 Å². The number of likely N-dealkylation sites (N-methyl/N-ethyl adjacent to an activating group) is 1. The molecule has 0 saturated carbocycles. The molecule has 0 aliphatic carbocycles. The Balaban J connectivity index is 2.69. The lowest BCUT2D eigenvalue weighted by Gasteiger charge is -2.29. The van der Waals surface area contributed by atoms with Crippen LogP contribution >= 0.6 is 0 Å². The van der Waals surface area contributed by atoms with Gasteiger partial charge in [0.1, 0.15) is 0 Å². The van der Waals surface area contributed by atoms with E-state index in [1.807, 2.05) is 51.1 Å². The molecule has 100 valence electrons. The van der Waals surface area contributed by atoms with Crippen molar-refractivity contribution in [3.63, 3.8) is 0 Å². The van der Waals surface area contributed by atoms with E-state index in [0.29, 0.717) is 12.3 Å². The first-order valence-corrected chi connectivity index (χ1v) is 6.42. The molecule has 0 aromatic heterocycles. The number of benzene rings is 1. The highest BCUT2D eigenvalue weighted by molar-refractivity contribution is 5.76. The van der Waals surface area contributed by atoms with Crippen molar-refractivity contribution < 1.29 is 9.90 Å². The third-order valence-corrected chi connectivity index (χ3v) is 3.19. The van der Waals surface area contributed by atoms with E-state index >= 15 is 0 Å². The number of hydrogen-bond donors (Lipinski definition) is 1. The molecule has 0 heterocycles. The van der Waals surface area contributed by atoms with Crippen molar-refractivity contribution in [1.29, 1.82) is 0 Å². The highest BCUT2D eigenvalue weighted by Crippen LogP contribution is 2.20. The number of aliphatic hydroxyl groups excluding tert-OH is 1. The van der Waals surface area contributed by atoms with Gasteiger partial charge in [0.25, 0.3) is 0 Å². The van der Waals surface area contributed by atoms with Gasteiger partial charge in [-0.25, -0.2) is 0 Å². The predicted octanol–water partition coefficient (Wildman–Crippen LogP) is 2.61. The van der Waals surface area contributed by atoms with Crippen LogP contribution in [0.1, 0.15) is 38.9 Å². The first kappa shape index (κ1) is 14.7. The molecule has 0 fully saturated rings. The van der Waals surface area contributed by atoms with Gasteiger partial charge in [-0.15, -0.1) is 0 Å². The summed E-state index contributed by atoms with van der Waals surface area (Å²) < 4.78 is 0. The maximum Gasteiger partial charge on any atom is 0.222 e. The maximum absolute atomic E-state index is 11.9. The normalized spacial score (nSPS) is 14.3. The zero-order valence-electron chi connectivity index (χ0n) is 11.6. The van der Waals surface area contributed by atoms with Crippen LogP contribution in [-0.2, 0) is 4.79 Å². The Labute approximate surface area is 109 Å². The average molecular weight is 249 g/mol. The molecule has 1 aromatic carbocycles. The predicted molar refractivity (Wildman–Crippen MR) is 73.1 cm³/mol. The van der Waals surface area contributed by atoms with Crippen molar-refractivity contribution in [2.75, 3.05) is 7.05 Å². The van der Waals surface area contributed by atoms with Crippen molar-refractivity contribution in [1.82, 2.24) is 4.90 Å². The quantitative estimate of drug-likeness (QED) is 0.871. The number of carbonyl (C=O) groups excluding carboxylic acids is 1. The van der Waals surface area contributed by atoms with Crippen LogP contribution < -0.4 is 0 Å². The van der Waals surface area contributed by atoms with Crippen molar-refractivity contribution in [2.45, 2.75) is 39.3 Å². The van der Waals surface area contributed by atoms with Crippen molar-refractivity contribution >= 4 is 5.91 Å². The Morgan fingerprint density at radius 1 is 1.22 bits per heavy atom. The summed E-state index contributed by atoms with van der Waals surface area (Å²) in [6.45, 7) is 5.91. The molecule has 0 radical (unpaired) electrons. The minimum atomic E-state index is -0.646. The van der Waals surface area contributed by atoms with Crippen LogP contribution in [0.15, 0.2) is 30.3 Å². The summed E-state index contributed by atoms with van der Waals surface area (Å²) in [5.74, 6) is 0.411. The first-order valence-electron chi connectivity index (χ1n) is 6.42. The standard InChI is InChI=1S/C15H23NO2/c1-11(2)10-14(17)16(4)12(3)15(18)13-8-6-5-7-9-13/h5-9,11-12,15,18H,10H2,1-4H3/t12-,15-/m1/s1. The van der Waals surface area contributed by atoms with E-state index in [1.54, 1.807) is 11.9 Å². The summed E-state index contributed by atoms with van der Waals surface area (Å²) >= 11 is 0. The van der Waals surface area contributed by atoms with Gasteiger partial charge in [-0.2, -0.15) is 0 Å². The average Bonchev–Trinajstić information content (AvgIpc) is 2.36. The minimum Gasteiger partial charge on any atom is -0.386 e. The van der Waals surface area contributed by atoms with Crippen LogP contribution in [0.3, 0.4) is 0 Å². The highest BCUT2D eigenvalue weighted by Gasteiger charge is 2.24. The highest BCUT2D eigenvalue weighted by atomic mass is 16.3. The number of amides is 1. The Morgan fingerprint density at radius 3 is 2.28 bits per heavy atom. The van der Waals surface area contributed by atoms with Gasteiger partial charge in [0, 0.05) is 13.5 Å². The first-order chi connectivity index (χ1) is 8.43. The third kappa shape index (κ3) is 3.84. The molecule has 1 N–H and O–H groups in total. The fraction of sp³-hybridized carbons (Fsp3) is 0.533. The fourth-order valence-corrected chi connectivity index (χ4v) is 1.86. The largest absolute Gasteiger partial charge is 0.386 e. The number of aliphatic hydroxyl groups is 1. The van der Waals surface area contributed by atoms with Crippen molar-refractivity contribution in [3.8, 4) is 0 Å². The summed E-state index contributed by atoms with van der Waals surface area (Å²) in [5, 5.41) is 10.2. The Morgan fingerprint density at radius 2 is 1.78 bits per heavy atom. The van der Waals surface area contributed by atoms with Gasteiger partial charge >= 0.3 is 0 Å². The van der Waals surface area contributed by atoms with Gasteiger partial charge in [0.15, 0.2) is 0 Å². The van der Waals surface area contributed by atoms with Crippen molar-refractivity contribution in [3.05, 3.63) is 35.9 Å². The number of nitrogens with zero attached hydrogens (tertiary/aromatic N) is 1. The maximum atomic E-state index is 11.9. The van der Waals surface area contributed by atoms with E-state index < -0.39 is 6.10 Å². The lowest BCUT2D eigenvalue weighted by Crippen LogP contribution is -2.39. The second-order valence-corrected chi connectivity index (χ2v) is 5.20. The summed E-state index contributed by atoms with van der Waals surface area (Å²) in [6.07, 6.45) is -0.130. The lowest BCUT2D eigenvalue weighted by atomic mass is 10.0. The molecule has 0 spiro atoms. The summed E-state index contributed by atoms with van der Waals surface area (Å²) in [6, 6.07) is 9.22. The molecule has 0 aliphatic rings. The zero-order chi connectivity index (χ0) is 13.7. The fourth-order valence-electron chi connectivity index (χ4n) is 1.86. The Kier molecular flexibility index (Phi) is 5.35. The van der Waals surface area contributed by atoms with Gasteiger partial charge in [0.2, 0.25) is 5.91 Å². The molecular formula is C15H23NO2. The van der Waals surface area contributed by atoms with E-state index in [4.69, 9.17) is 0 Å². The molecule has 3 heteroatoms. The smallest absolute Gasteiger partial charge is 0.222 e. The van der Waals surface area contributed by atoms with Crippen molar-refractivity contribution in [2.24, 2.45) is 5.92 Å². The number of carbonyl (C=O) groups is 1. The van der Waals surface area contributed by atoms with Gasteiger partial charge in [-0.1, -0.05) is 44.2 Å². The lowest BCUT2D eigenvalue weighted by molar-refractivity contribution is -0.134. The van der Waals surface area contributed by atoms with Gasteiger partial charge < -0.3 is 10.0 Å². The molecule has 2 atom stereocenters. The second kappa shape index (κ2) is 6.55. The zero-order valence-corrected chi connectivity index (χ0v) is 11.6. The van der Waals surface area contributed by atoms with E-state index in [-0.39, 0.29) is 11.9 Å². The van der Waals surface area contributed by atoms with Gasteiger partial charge in [-0.05, 0) is 18.4 Å². The van der Waals surface area contributed by atoms with Crippen LogP contribution in [0.4, 0.5) is 0 Å². The molecule has 1 rings (SSSR count).